The van der Waals surface area contributed by atoms with Crippen LogP contribution in [0.15, 0.2) is 4.79 Å². The molecule has 0 aromatic carbocycles. The lowest BCUT2D eigenvalue weighted by Gasteiger charge is -2.41. The van der Waals surface area contributed by atoms with E-state index in [-0.39, 0.29) is 53.4 Å². The molecule has 7 N–H and O–H groups in total. The van der Waals surface area contributed by atoms with Gasteiger partial charge in [0, 0.05) is 6.61 Å². The highest BCUT2D eigenvalue weighted by Crippen LogP contribution is 2.29. The summed E-state index contributed by atoms with van der Waals surface area (Å²) in [6.45, 7) is 7.46. The Hall–Kier alpha value is -1.22. The first-order valence-corrected chi connectivity index (χ1v) is 6.96. The zero-order valence-electron chi connectivity index (χ0n) is 13.6. The van der Waals surface area contributed by atoms with Gasteiger partial charge in [-0.2, -0.15) is 4.98 Å². The SMILES string of the molecule is CCCCOCC1Nc2c(nc(N)[nH]c2=O)NC1(C)C.Cl.Cl.O. The number of halogens is 2. The molecule has 0 radical (unpaired) electrons. The maximum Gasteiger partial charge on any atom is 0.277 e. The lowest BCUT2D eigenvalue weighted by Crippen LogP contribution is -2.55. The van der Waals surface area contributed by atoms with Crippen molar-refractivity contribution in [1.29, 1.82) is 0 Å². The highest BCUT2D eigenvalue weighted by atomic mass is 35.5. The second-order valence-electron chi connectivity index (χ2n) is 5.65. The molecule has 10 heteroatoms. The molecule has 0 amide bonds. The monoisotopic (exact) mass is 371 g/mol. The summed E-state index contributed by atoms with van der Waals surface area (Å²) in [5.74, 6) is 0.595. The summed E-state index contributed by atoms with van der Waals surface area (Å²) >= 11 is 0. The molecule has 1 aromatic rings. The normalized spacial score (nSPS) is 17.3. The van der Waals surface area contributed by atoms with Crippen molar-refractivity contribution >= 4 is 42.3 Å². The lowest BCUT2D eigenvalue weighted by molar-refractivity contribution is 0.109. The molecule has 0 aliphatic carbocycles. The number of aromatic amines is 1. The first-order valence-electron chi connectivity index (χ1n) is 6.96. The number of fused-ring (bicyclic) bond motifs is 1. The number of rotatable bonds is 5. The average molecular weight is 372 g/mol. The fraction of sp³-hybridized carbons (Fsp3) is 0.692. The largest absolute Gasteiger partial charge is 0.412 e. The van der Waals surface area contributed by atoms with Crippen LogP contribution in [0.3, 0.4) is 0 Å². The molecule has 0 saturated heterocycles. The van der Waals surface area contributed by atoms with E-state index >= 15 is 0 Å². The summed E-state index contributed by atoms with van der Waals surface area (Å²) in [4.78, 5) is 18.5. The smallest absolute Gasteiger partial charge is 0.277 e. The number of hydrogen-bond donors (Lipinski definition) is 4. The number of anilines is 3. The van der Waals surface area contributed by atoms with E-state index in [2.05, 4.69) is 27.5 Å². The van der Waals surface area contributed by atoms with Crippen LogP contribution < -0.4 is 21.9 Å². The van der Waals surface area contributed by atoms with Crippen molar-refractivity contribution in [3.8, 4) is 0 Å². The number of nitrogens with zero attached hydrogens (tertiary/aromatic N) is 1. The van der Waals surface area contributed by atoms with Crippen LogP contribution in [0.2, 0.25) is 0 Å². The standard InChI is InChI=1S/C13H23N5O2.2ClH.H2O/c1-4-5-6-20-7-8-13(2,3)18-10-9(15-8)11(19)17-12(14)16-10;;;/h8,15H,4-7H2,1-3H3,(H4,14,16,17,18,19);2*1H;1H2. The highest BCUT2D eigenvalue weighted by Gasteiger charge is 2.36. The van der Waals surface area contributed by atoms with Crippen LogP contribution in [0.1, 0.15) is 33.6 Å². The fourth-order valence-electron chi connectivity index (χ4n) is 2.16. The Labute approximate surface area is 148 Å². The van der Waals surface area contributed by atoms with Gasteiger partial charge in [-0.3, -0.25) is 9.78 Å². The summed E-state index contributed by atoms with van der Waals surface area (Å²) in [5.41, 5.74) is 5.42. The molecule has 1 atom stereocenters. The van der Waals surface area contributed by atoms with Crippen LogP contribution in [-0.2, 0) is 4.74 Å². The third-order valence-electron chi connectivity index (χ3n) is 3.49. The zero-order chi connectivity index (χ0) is 14.8. The Bertz CT molecular complexity index is 539. The number of aromatic nitrogens is 2. The van der Waals surface area contributed by atoms with Crippen molar-refractivity contribution in [3.63, 3.8) is 0 Å². The van der Waals surface area contributed by atoms with Gasteiger partial charge in [0.1, 0.15) is 5.69 Å². The molecule has 2 heterocycles. The zero-order valence-corrected chi connectivity index (χ0v) is 15.2. The van der Waals surface area contributed by atoms with Crippen LogP contribution in [0.4, 0.5) is 17.5 Å². The topological polar surface area (TPSA) is 137 Å². The Morgan fingerprint density at radius 3 is 2.61 bits per heavy atom. The Morgan fingerprint density at radius 1 is 1.35 bits per heavy atom. The molecule has 2 rings (SSSR count). The van der Waals surface area contributed by atoms with E-state index in [1.807, 2.05) is 13.8 Å². The van der Waals surface area contributed by atoms with E-state index in [0.717, 1.165) is 19.4 Å². The minimum Gasteiger partial charge on any atom is -0.412 e. The minimum atomic E-state index is -0.285. The second-order valence-corrected chi connectivity index (χ2v) is 5.65. The van der Waals surface area contributed by atoms with Crippen LogP contribution in [0.25, 0.3) is 0 Å². The number of H-pyrrole nitrogens is 1. The van der Waals surface area contributed by atoms with Gasteiger partial charge in [-0.15, -0.1) is 24.8 Å². The predicted molar refractivity (Wildman–Crippen MR) is 98.2 cm³/mol. The van der Waals surface area contributed by atoms with E-state index in [1.54, 1.807) is 0 Å². The molecule has 136 valence electrons. The highest BCUT2D eigenvalue weighted by molar-refractivity contribution is 5.85. The molecule has 0 saturated carbocycles. The summed E-state index contributed by atoms with van der Waals surface area (Å²) in [6, 6.07) is -0.0154. The maximum absolute atomic E-state index is 11.9. The second kappa shape index (κ2) is 9.82. The van der Waals surface area contributed by atoms with E-state index in [0.29, 0.717) is 18.1 Å². The number of ether oxygens (including phenoxy) is 1. The number of unbranched alkanes of at least 4 members (excludes halogenated alkanes) is 1. The molecule has 8 nitrogen and oxygen atoms in total. The molecule has 1 aliphatic rings. The number of nitrogen functional groups attached to an aromatic ring is 1. The summed E-state index contributed by atoms with van der Waals surface area (Å²) in [5, 5.41) is 6.47. The maximum atomic E-state index is 11.9. The molecule has 23 heavy (non-hydrogen) atoms. The van der Waals surface area contributed by atoms with Crippen molar-refractivity contribution in [2.45, 2.75) is 45.2 Å². The molecular formula is C13H27Cl2N5O3. The number of nitrogens with two attached hydrogens (primary N) is 1. The van der Waals surface area contributed by atoms with Gasteiger partial charge in [0.2, 0.25) is 5.95 Å². The number of hydrogen-bond acceptors (Lipinski definition) is 6. The van der Waals surface area contributed by atoms with E-state index in [4.69, 9.17) is 10.5 Å². The Morgan fingerprint density at radius 2 is 2.00 bits per heavy atom. The first kappa shape index (κ1) is 24.0. The fourth-order valence-corrected chi connectivity index (χ4v) is 2.16. The molecule has 0 bridgehead atoms. The summed E-state index contributed by atoms with van der Waals surface area (Å²) in [6.07, 6.45) is 2.14. The minimum absolute atomic E-state index is 0. The average Bonchev–Trinajstić information content (AvgIpc) is 2.34. The van der Waals surface area contributed by atoms with Gasteiger partial charge in [0.25, 0.3) is 5.56 Å². The Kier molecular flexibility index (Phi) is 10.3. The van der Waals surface area contributed by atoms with Crippen molar-refractivity contribution in [3.05, 3.63) is 10.4 Å². The van der Waals surface area contributed by atoms with Crippen molar-refractivity contribution in [1.82, 2.24) is 9.97 Å². The molecule has 1 unspecified atom stereocenters. The third-order valence-corrected chi connectivity index (χ3v) is 3.49. The van der Waals surface area contributed by atoms with Gasteiger partial charge in [0.05, 0.1) is 18.2 Å². The van der Waals surface area contributed by atoms with Gasteiger partial charge < -0.3 is 26.6 Å². The molecule has 0 spiro atoms. The summed E-state index contributed by atoms with van der Waals surface area (Å²) < 4.78 is 5.67. The van der Waals surface area contributed by atoms with Crippen molar-refractivity contribution in [2.75, 3.05) is 29.6 Å². The Balaban J connectivity index is 0. The molecule has 1 aromatic heterocycles. The van der Waals surface area contributed by atoms with E-state index in [1.165, 1.54) is 0 Å². The van der Waals surface area contributed by atoms with Gasteiger partial charge in [0.15, 0.2) is 5.82 Å². The van der Waals surface area contributed by atoms with Gasteiger partial charge in [-0.25, -0.2) is 0 Å². The van der Waals surface area contributed by atoms with Crippen molar-refractivity contribution < 1.29 is 10.2 Å². The quantitative estimate of drug-likeness (QED) is 0.573. The van der Waals surface area contributed by atoms with E-state index < -0.39 is 0 Å². The van der Waals surface area contributed by atoms with E-state index in [9.17, 15) is 4.79 Å². The molecule has 0 fully saturated rings. The van der Waals surface area contributed by atoms with Crippen molar-refractivity contribution in [2.24, 2.45) is 0 Å². The molecular weight excluding hydrogens is 345 g/mol. The van der Waals surface area contributed by atoms with Gasteiger partial charge in [-0.05, 0) is 20.3 Å². The van der Waals surface area contributed by atoms with Gasteiger partial charge >= 0.3 is 0 Å². The third kappa shape index (κ3) is 5.72. The predicted octanol–water partition coefficient (Wildman–Crippen LogP) is 1.17. The summed E-state index contributed by atoms with van der Waals surface area (Å²) in [7, 11) is 0. The first-order chi connectivity index (χ1) is 9.44. The van der Waals surface area contributed by atoms with Crippen LogP contribution in [-0.4, -0.2) is 40.2 Å². The van der Waals surface area contributed by atoms with Gasteiger partial charge in [-0.1, -0.05) is 13.3 Å². The van der Waals surface area contributed by atoms with Crippen LogP contribution in [0, 0.1) is 0 Å². The number of nitrogens with one attached hydrogen (secondary N) is 3. The lowest BCUT2D eigenvalue weighted by atomic mass is 9.92. The molecule has 1 aliphatic heterocycles. The van der Waals surface area contributed by atoms with Crippen LogP contribution >= 0.6 is 24.8 Å². The van der Waals surface area contributed by atoms with Crippen LogP contribution in [0.5, 0.6) is 0 Å².